The first kappa shape index (κ1) is 18.2. The van der Waals surface area contributed by atoms with Gasteiger partial charge < -0.3 is 24.8 Å². The summed E-state index contributed by atoms with van der Waals surface area (Å²) in [6.07, 6.45) is 0. The van der Waals surface area contributed by atoms with Crippen molar-refractivity contribution in [3.8, 4) is 0 Å². The van der Waals surface area contributed by atoms with Crippen molar-refractivity contribution >= 4 is 29.2 Å². The molecule has 2 N–H and O–H groups in total. The van der Waals surface area contributed by atoms with Gasteiger partial charge in [-0.05, 0) is 18.2 Å². The average Bonchev–Trinajstić information content (AvgIpc) is 3.07. The number of benzene rings is 1. The van der Waals surface area contributed by atoms with Crippen molar-refractivity contribution in [3.05, 3.63) is 40.5 Å². The molecule has 1 saturated heterocycles. The van der Waals surface area contributed by atoms with Crippen molar-refractivity contribution < 1.29 is 18.8 Å². The second-order valence-corrected chi connectivity index (χ2v) is 6.04. The van der Waals surface area contributed by atoms with Crippen LogP contribution in [0.25, 0.3) is 0 Å². The molecule has 138 valence electrons. The number of nitrogens with zero attached hydrogens (tertiary/aromatic N) is 3. The Kier molecular flexibility index (Phi) is 5.69. The Balaban J connectivity index is 1.63. The maximum Gasteiger partial charge on any atom is 0.319 e. The molecule has 0 aliphatic carbocycles. The number of halogens is 1. The van der Waals surface area contributed by atoms with Crippen LogP contribution in [0.2, 0.25) is 5.02 Å². The number of hydrogen-bond donors (Lipinski definition) is 2. The molecule has 1 aromatic carbocycles. The van der Waals surface area contributed by atoms with Crippen molar-refractivity contribution in [2.45, 2.75) is 13.5 Å². The summed E-state index contributed by atoms with van der Waals surface area (Å²) >= 11 is 6.12. The van der Waals surface area contributed by atoms with Crippen molar-refractivity contribution in [2.24, 2.45) is 0 Å². The van der Waals surface area contributed by atoms with Crippen molar-refractivity contribution in [1.82, 2.24) is 20.4 Å². The van der Waals surface area contributed by atoms with E-state index in [1.165, 1.54) is 0 Å². The molecule has 0 radical (unpaired) electrons. The summed E-state index contributed by atoms with van der Waals surface area (Å²) in [5.41, 5.74) is 0.785. The number of aromatic nitrogens is 2. The highest BCUT2D eigenvalue weighted by molar-refractivity contribution is 6.33. The summed E-state index contributed by atoms with van der Waals surface area (Å²) in [6, 6.07) is 4.27. The Bertz CT molecular complexity index is 804. The van der Waals surface area contributed by atoms with Crippen LogP contribution < -0.4 is 10.6 Å². The number of aryl methyl sites for hydroxylation is 1. The number of hydrogen-bond acceptors (Lipinski definition) is 6. The van der Waals surface area contributed by atoms with Gasteiger partial charge in [0, 0.05) is 25.6 Å². The van der Waals surface area contributed by atoms with Crippen LogP contribution in [0.4, 0.5) is 10.5 Å². The quantitative estimate of drug-likeness (QED) is 0.838. The number of ether oxygens (including phenoxy) is 1. The minimum Gasteiger partial charge on any atom is -0.378 e. The van der Waals surface area contributed by atoms with Crippen LogP contribution in [0.5, 0.6) is 0 Å². The molecule has 1 aromatic heterocycles. The van der Waals surface area contributed by atoms with E-state index in [1.54, 1.807) is 30.0 Å². The zero-order valence-electron chi connectivity index (χ0n) is 14.1. The van der Waals surface area contributed by atoms with Crippen LogP contribution in [0.1, 0.15) is 22.1 Å². The van der Waals surface area contributed by atoms with E-state index in [2.05, 4.69) is 20.8 Å². The molecule has 2 heterocycles. The average molecular weight is 380 g/mol. The van der Waals surface area contributed by atoms with Crippen LogP contribution in [0, 0.1) is 6.92 Å². The van der Waals surface area contributed by atoms with E-state index in [0.717, 1.165) is 0 Å². The number of nitrogens with one attached hydrogen (secondary N) is 2. The third-order valence-corrected chi connectivity index (χ3v) is 4.07. The summed E-state index contributed by atoms with van der Waals surface area (Å²) in [7, 11) is 0. The largest absolute Gasteiger partial charge is 0.378 e. The molecule has 10 heteroatoms. The molecule has 3 amide bonds. The van der Waals surface area contributed by atoms with Crippen molar-refractivity contribution in [2.75, 3.05) is 31.6 Å². The van der Waals surface area contributed by atoms with Gasteiger partial charge in [-0.1, -0.05) is 16.8 Å². The molecule has 0 spiro atoms. The molecule has 1 aliphatic rings. The summed E-state index contributed by atoms with van der Waals surface area (Å²) in [5.74, 6) is 0.648. The third kappa shape index (κ3) is 4.50. The summed E-state index contributed by atoms with van der Waals surface area (Å²) < 4.78 is 10.1. The van der Waals surface area contributed by atoms with E-state index in [4.69, 9.17) is 20.9 Å². The number of amides is 3. The van der Waals surface area contributed by atoms with E-state index < -0.39 is 6.03 Å². The second kappa shape index (κ2) is 8.15. The van der Waals surface area contributed by atoms with Gasteiger partial charge in [0.1, 0.15) is 0 Å². The fourth-order valence-corrected chi connectivity index (χ4v) is 2.61. The number of rotatable bonds is 4. The molecule has 0 atom stereocenters. The van der Waals surface area contributed by atoms with E-state index >= 15 is 0 Å². The number of urea groups is 1. The molecule has 1 aliphatic heterocycles. The fourth-order valence-electron chi connectivity index (χ4n) is 2.44. The van der Waals surface area contributed by atoms with E-state index in [9.17, 15) is 9.59 Å². The summed E-state index contributed by atoms with van der Waals surface area (Å²) in [5, 5.41) is 9.23. The molecule has 1 fully saturated rings. The highest BCUT2D eigenvalue weighted by atomic mass is 35.5. The van der Waals surface area contributed by atoms with Crippen LogP contribution in [0.15, 0.2) is 22.7 Å². The maximum atomic E-state index is 12.5. The normalized spacial score (nSPS) is 14.2. The maximum absolute atomic E-state index is 12.5. The van der Waals surface area contributed by atoms with Crippen LogP contribution in [-0.2, 0) is 11.3 Å². The predicted molar refractivity (Wildman–Crippen MR) is 93.1 cm³/mol. The van der Waals surface area contributed by atoms with Gasteiger partial charge in [-0.3, -0.25) is 4.79 Å². The monoisotopic (exact) mass is 379 g/mol. The lowest BCUT2D eigenvalue weighted by atomic mass is 10.1. The Morgan fingerprint density at radius 2 is 2.08 bits per heavy atom. The van der Waals surface area contributed by atoms with Gasteiger partial charge >= 0.3 is 6.03 Å². The van der Waals surface area contributed by atoms with Gasteiger partial charge in [0.05, 0.1) is 30.5 Å². The lowest BCUT2D eigenvalue weighted by molar-refractivity contribution is 0.0303. The zero-order valence-corrected chi connectivity index (χ0v) is 14.9. The first-order valence-corrected chi connectivity index (χ1v) is 8.41. The molecule has 0 bridgehead atoms. The van der Waals surface area contributed by atoms with Crippen molar-refractivity contribution in [1.29, 1.82) is 0 Å². The molecule has 3 rings (SSSR count). The number of carbonyl (C=O) groups is 2. The van der Waals surface area contributed by atoms with E-state index in [-0.39, 0.29) is 12.5 Å². The standard InChI is InChI=1S/C16H18ClN5O4/c1-10-19-14(21-26-10)9-18-16(24)20-13-8-11(2-3-12(13)17)15(23)22-4-6-25-7-5-22/h2-3,8H,4-7,9H2,1H3,(H2,18,20,24). The van der Waals surface area contributed by atoms with Gasteiger partial charge in [-0.2, -0.15) is 4.98 Å². The van der Waals surface area contributed by atoms with Gasteiger partial charge in [0.15, 0.2) is 5.82 Å². The Morgan fingerprint density at radius 3 is 2.77 bits per heavy atom. The minimum absolute atomic E-state index is 0.104. The molecule has 0 unspecified atom stereocenters. The lowest BCUT2D eigenvalue weighted by Gasteiger charge is -2.27. The molecule has 0 saturated carbocycles. The number of carbonyl (C=O) groups excluding carboxylic acids is 2. The Morgan fingerprint density at radius 1 is 1.31 bits per heavy atom. The van der Waals surface area contributed by atoms with Crippen LogP contribution in [0.3, 0.4) is 0 Å². The SMILES string of the molecule is Cc1nc(CNC(=O)Nc2cc(C(=O)N3CCOCC3)ccc2Cl)no1. The third-order valence-electron chi connectivity index (χ3n) is 3.74. The topological polar surface area (TPSA) is 110 Å². The Hall–Kier alpha value is -2.65. The van der Waals surface area contributed by atoms with Gasteiger partial charge in [0.2, 0.25) is 5.89 Å². The van der Waals surface area contributed by atoms with Crippen molar-refractivity contribution in [3.63, 3.8) is 0 Å². The zero-order chi connectivity index (χ0) is 18.5. The molecule has 9 nitrogen and oxygen atoms in total. The molecule has 2 aromatic rings. The smallest absolute Gasteiger partial charge is 0.319 e. The minimum atomic E-state index is -0.495. The Labute approximate surface area is 154 Å². The van der Waals surface area contributed by atoms with E-state index in [1.807, 2.05) is 0 Å². The molecule has 26 heavy (non-hydrogen) atoms. The van der Waals surface area contributed by atoms with Gasteiger partial charge in [0.25, 0.3) is 5.91 Å². The van der Waals surface area contributed by atoms with Gasteiger partial charge in [-0.25, -0.2) is 4.79 Å². The molecular formula is C16H18ClN5O4. The first-order valence-electron chi connectivity index (χ1n) is 8.03. The summed E-state index contributed by atoms with van der Waals surface area (Å²) in [6.45, 7) is 3.87. The van der Waals surface area contributed by atoms with Crippen LogP contribution >= 0.6 is 11.6 Å². The first-order chi connectivity index (χ1) is 12.5. The predicted octanol–water partition coefficient (Wildman–Crippen LogP) is 1.83. The van der Waals surface area contributed by atoms with E-state index in [0.29, 0.717) is 54.3 Å². The lowest BCUT2D eigenvalue weighted by Crippen LogP contribution is -2.40. The number of anilines is 1. The van der Waals surface area contributed by atoms with Gasteiger partial charge in [-0.15, -0.1) is 0 Å². The van der Waals surface area contributed by atoms with Crippen LogP contribution in [-0.4, -0.2) is 53.3 Å². The second-order valence-electron chi connectivity index (χ2n) is 5.64. The fraction of sp³-hybridized carbons (Fsp3) is 0.375. The number of morpholine rings is 1. The molecular weight excluding hydrogens is 362 g/mol. The highest BCUT2D eigenvalue weighted by Crippen LogP contribution is 2.24. The highest BCUT2D eigenvalue weighted by Gasteiger charge is 2.19. The summed E-state index contributed by atoms with van der Waals surface area (Å²) in [4.78, 5) is 30.3.